The number of nitro benzene ring substituents is 1. The lowest BCUT2D eigenvalue weighted by Gasteiger charge is -2.12. The maximum Gasteiger partial charge on any atom is 0.416 e. The van der Waals surface area contributed by atoms with Gasteiger partial charge in [-0.3, -0.25) is 19.7 Å². The predicted octanol–water partition coefficient (Wildman–Crippen LogP) is 4.08. The minimum atomic E-state index is -4.52. The summed E-state index contributed by atoms with van der Waals surface area (Å²) >= 11 is 0. The molecule has 1 aromatic heterocycles. The van der Waals surface area contributed by atoms with E-state index in [0.29, 0.717) is 0 Å². The van der Waals surface area contributed by atoms with E-state index in [1.54, 1.807) is 0 Å². The number of nitrogens with zero attached hydrogens (tertiary/aromatic N) is 2. The van der Waals surface area contributed by atoms with Gasteiger partial charge in [0.1, 0.15) is 11.3 Å². The van der Waals surface area contributed by atoms with Crippen molar-refractivity contribution in [1.82, 2.24) is 4.57 Å². The zero-order valence-electron chi connectivity index (χ0n) is 16.6. The van der Waals surface area contributed by atoms with Crippen LogP contribution in [0.2, 0.25) is 0 Å². The Morgan fingerprint density at radius 1 is 1.16 bits per heavy atom. The molecule has 32 heavy (non-hydrogen) atoms. The highest BCUT2D eigenvalue weighted by atomic mass is 19.4. The van der Waals surface area contributed by atoms with Crippen LogP contribution in [0.4, 0.5) is 24.5 Å². The smallest absolute Gasteiger partial charge is 0.416 e. The number of nitrogens with one attached hydrogen (secondary N) is 1. The monoisotopic (exact) mass is 447 g/mol. The summed E-state index contributed by atoms with van der Waals surface area (Å²) in [5, 5.41) is 13.3. The maximum absolute atomic E-state index is 12.9. The van der Waals surface area contributed by atoms with Crippen molar-refractivity contribution in [3.63, 3.8) is 0 Å². The first-order valence-corrected chi connectivity index (χ1v) is 9.09. The molecule has 0 saturated carbocycles. The first kappa shape index (κ1) is 22.5. The summed E-state index contributed by atoms with van der Waals surface area (Å²) in [6.07, 6.45) is -3.17. The fraction of sp³-hybridized carbons (Fsp3) is 0.143. The SMILES string of the molecule is COc1cc([N+](=O)[O-])ccc1NC(=O)c1cccn(Cc2cccc(C(F)(F)F)c2)c1=O. The van der Waals surface area contributed by atoms with Crippen LogP contribution < -0.4 is 15.6 Å². The highest BCUT2D eigenvalue weighted by Crippen LogP contribution is 2.30. The van der Waals surface area contributed by atoms with Gasteiger partial charge in [0, 0.05) is 12.3 Å². The molecular formula is C21H16F3N3O5. The van der Waals surface area contributed by atoms with Crippen molar-refractivity contribution in [2.75, 3.05) is 12.4 Å². The molecule has 0 unspecified atom stereocenters. The minimum Gasteiger partial charge on any atom is -0.494 e. The molecule has 0 atom stereocenters. The van der Waals surface area contributed by atoms with E-state index in [0.717, 1.165) is 28.8 Å². The van der Waals surface area contributed by atoms with Crippen LogP contribution in [-0.4, -0.2) is 22.5 Å². The number of aromatic nitrogens is 1. The number of carbonyl (C=O) groups is 1. The number of halogens is 3. The summed E-state index contributed by atoms with van der Waals surface area (Å²) < 4.78 is 44.9. The van der Waals surface area contributed by atoms with Crippen LogP contribution in [0.1, 0.15) is 21.5 Å². The van der Waals surface area contributed by atoms with Crippen molar-refractivity contribution in [2.45, 2.75) is 12.7 Å². The molecule has 1 amide bonds. The second-order valence-electron chi connectivity index (χ2n) is 6.65. The van der Waals surface area contributed by atoms with E-state index in [2.05, 4.69) is 5.32 Å². The Kier molecular flexibility index (Phi) is 6.28. The molecule has 0 fully saturated rings. The standard InChI is InChI=1S/C21H16F3N3O5/c1-32-18-11-15(27(30)31)7-8-17(18)25-19(28)16-6-3-9-26(20(16)29)12-13-4-2-5-14(10-13)21(22,23)24/h2-11H,12H2,1H3,(H,25,28). The number of rotatable bonds is 6. The molecule has 0 aliphatic rings. The summed E-state index contributed by atoms with van der Waals surface area (Å²) in [6, 6.07) is 10.8. The molecule has 166 valence electrons. The number of hydrogen-bond donors (Lipinski definition) is 1. The van der Waals surface area contributed by atoms with Crippen molar-refractivity contribution >= 4 is 17.3 Å². The van der Waals surface area contributed by atoms with Crippen LogP contribution in [0.25, 0.3) is 0 Å². The Morgan fingerprint density at radius 2 is 1.91 bits per heavy atom. The lowest BCUT2D eigenvalue weighted by Crippen LogP contribution is -2.29. The van der Waals surface area contributed by atoms with E-state index in [9.17, 15) is 32.9 Å². The molecule has 0 saturated heterocycles. The molecule has 1 N–H and O–H groups in total. The highest BCUT2D eigenvalue weighted by molar-refractivity contribution is 6.04. The van der Waals surface area contributed by atoms with E-state index in [1.807, 2.05) is 0 Å². The highest BCUT2D eigenvalue weighted by Gasteiger charge is 2.30. The summed E-state index contributed by atoms with van der Waals surface area (Å²) in [5.41, 5.74) is -1.74. The Bertz CT molecular complexity index is 1240. The molecule has 0 bridgehead atoms. The van der Waals surface area contributed by atoms with Gasteiger partial charge in [0.05, 0.1) is 35.9 Å². The number of nitro groups is 1. The molecule has 0 spiro atoms. The van der Waals surface area contributed by atoms with Crippen molar-refractivity contribution in [2.24, 2.45) is 0 Å². The number of amides is 1. The van der Waals surface area contributed by atoms with E-state index >= 15 is 0 Å². The van der Waals surface area contributed by atoms with E-state index in [-0.39, 0.29) is 34.8 Å². The van der Waals surface area contributed by atoms with Gasteiger partial charge in [-0.05, 0) is 35.9 Å². The van der Waals surface area contributed by atoms with Gasteiger partial charge in [0.2, 0.25) is 0 Å². The average molecular weight is 447 g/mol. The van der Waals surface area contributed by atoms with Gasteiger partial charge < -0.3 is 14.6 Å². The van der Waals surface area contributed by atoms with Crippen LogP contribution in [0, 0.1) is 10.1 Å². The first-order chi connectivity index (χ1) is 15.1. The molecule has 8 nitrogen and oxygen atoms in total. The molecule has 0 aliphatic carbocycles. The topological polar surface area (TPSA) is 103 Å². The lowest BCUT2D eigenvalue weighted by atomic mass is 10.1. The van der Waals surface area contributed by atoms with Crippen LogP contribution in [-0.2, 0) is 12.7 Å². The lowest BCUT2D eigenvalue weighted by molar-refractivity contribution is -0.384. The van der Waals surface area contributed by atoms with Crippen LogP contribution in [0.5, 0.6) is 5.75 Å². The fourth-order valence-electron chi connectivity index (χ4n) is 2.96. The second-order valence-corrected chi connectivity index (χ2v) is 6.65. The molecule has 3 rings (SSSR count). The molecule has 2 aromatic carbocycles. The van der Waals surface area contributed by atoms with Gasteiger partial charge in [-0.25, -0.2) is 0 Å². The maximum atomic E-state index is 12.9. The van der Waals surface area contributed by atoms with Gasteiger partial charge in [0.25, 0.3) is 17.2 Å². The number of pyridine rings is 1. The number of benzene rings is 2. The molecule has 1 heterocycles. The predicted molar refractivity (Wildman–Crippen MR) is 109 cm³/mol. The Balaban J connectivity index is 1.87. The van der Waals surface area contributed by atoms with Gasteiger partial charge in [-0.1, -0.05) is 12.1 Å². The Morgan fingerprint density at radius 3 is 2.56 bits per heavy atom. The van der Waals surface area contributed by atoms with Crippen LogP contribution >= 0.6 is 0 Å². The normalized spacial score (nSPS) is 11.1. The minimum absolute atomic E-state index is 0.0211. The summed E-state index contributed by atoms with van der Waals surface area (Å²) in [4.78, 5) is 35.7. The zero-order valence-corrected chi connectivity index (χ0v) is 16.6. The number of anilines is 1. The number of methoxy groups -OCH3 is 1. The van der Waals surface area contributed by atoms with Gasteiger partial charge in [-0.2, -0.15) is 13.2 Å². The van der Waals surface area contributed by atoms with E-state index in [1.165, 1.54) is 43.6 Å². The van der Waals surface area contributed by atoms with Gasteiger partial charge in [0.15, 0.2) is 0 Å². The Labute approximate surface area is 179 Å². The van der Waals surface area contributed by atoms with E-state index < -0.39 is 28.1 Å². The van der Waals surface area contributed by atoms with E-state index in [4.69, 9.17) is 4.74 Å². The third-order valence-electron chi connectivity index (χ3n) is 4.52. The average Bonchev–Trinajstić information content (AvgIpc) is 2.75. The summed E-state index contributed by atoms with van der Waals surface area (Å²) in [6.45, 7) is -0.176. The zero-order chi connectivity index (χ0) is 23.5. The number of alkyl halides is 3. The van der Waals surface area contributed by atoms with Crippen LogP contribution in [0.15, 0.2) is 65.6 Å². The largest absolute Gasteiger partial charge is 0.494 e. The van der Waals surface area contributed by atoms with Crippen molar-refractivity contribution in [3.8, 4) is 5.75 Å². The van der Waals surface area contributed by atoms with Crippen molar-refractivity contribution < 1.29 is 27.6 Å². The number of carbonyl (C=O) groups excluding carboxylic acids is 1. The fourth-order valence-corrected chi connectivity index (χ4v) is 2.96. The number of non-ortho nitro benzene ring substituents is 1. The second kappa shape index (κ2) is 8.92. The molecular weight excluding hydrogens is 431 g/mol. The third kappa shape index (κ3) is 4.94. The molecule has 0 radical (unpaired) electrons. The van der Waals surface area contributed by atoms with Gasteiger partial charge in [-0.15, -0.1) is 0 Å². The Hall–Kier alpha value is -4.15. The summed E-state index contributed by atoms with van der Waals surface area (Å²) in [5.74, 6) is -0.784. The third-order valence-corrected chi connectivity index (χ3v) is 4.52. The quantitative estimate of drug-likeness (QED) is 0.453. The van der Waals surface area contributed by atoms with Crippen molar-refractivity contribution in [1.29, 1.82) is 0 Å². The molecule has 11 heteroatoms. The van der Waals surface area contributed by atoms with Crippen LogP contribution in [0.3, 0.4) is 0 Å². The molecule has 3 aromatic rings. The first-order valence-electron chi connectivity index (χ1n) is 9.09. The molecule has 0 aliphatic heterocycles. The number of hydrogen-bond acceptors (Lipinski definition) is 5. The number of ether oxygens (including phenoxy) is 1. The van der Waals surface area contributed by atoms with Gasteiger partial charge >= 0.3 is 6.18 Å². The summed E-state index contributed by atoms with van der Waals surface area (Å²) in [7, 11) is 1.26. The van der Waals surface area contributed by atoms with Crippen molar-refractivity contribution in [3.05, 3.63) is 98.0 Å².